The zero-order valence-electron chi connectivity index (χ0n) is 9.54. The summed E-state index contributed by atoms with van der Waals surface area (Å²) in [5, 5.41) is 14.1. The number of nitrogens with zero attached hydrogens (tertiary/aromatic N) is 3. The van der Waals surface area contributed by atoms with Crippen molar-refractivity contribution < 1.29 is 9.84 Å². The van der Waals surface area contributed by atoms with Crippen LogP contribution in [0.5, 0.6) is 0 Å². The molecule has 2 aromatic rings. The van der Waals surface area contributed by atoms with Gasteiger partial charge in [-0.1, -0.05) is 0 Å². The molecule has 0 amide bonds. The molecule has 1 fully saturated rings. The van der Waals surface area contributed by atoms with E-state index in [0.717, 1.165) is 43.0 Å². The van der Waals surface area contributed by atoms with Crippen molar-refractivity contribution in [1.82, 2.24) is 14.6 Å². The molecule has 5 heteroatoms. The zero-order valence-corrected chi connectivity index (χ0v) is 9.54. The van der Waals surface area contributed by atoms with E-state index in [2.05, 4.69) is 10.1 Å². The molecule has 0 aromatic carbocycles. The third kappa shape index (κ3) is 1.81. The molecule has 0 spiro atoms. The number of aromatic nitrogens is 3. The molecule has 0 bridgehead atoms. The topological polar surface area (TPSA) is 59.7 Å². The van der Waals surface area contributed by atoms with E-state index >= 15 is 0 Å². The van der Waals surface area contributed by atoms with Crippen LogP contribution in [0, 0.1) is 0 Å². The predicted octanol–water partition coefficient (Wildman–Crippen LogP) is 1.12. The van der Waals surface area contributed by atoms with Gasteiger partial charge in [-0.3, -0.25) is 0 Å². The second kappa shape index (κ2) is 4.43. The summed E-state index contributed by atoms with van der Waals surface area (Å²) in [5.41, 5.74) is 2.60. The van der Waals surface area contributed by atoms with Crippen LogP contribution in [0.25, 0.3) is 5.65 Å². The van der Waals surface area contributed by atoms with Crippen LogP contribution in [-0.2, 0) is 11.3 Å². The molecule has 1 aliphatic rings. The van der Waals surface area contributed by atoms with Gasteiger partial charge in [-0.2, -0.15) is 5.10 Å². The lowest BCUT2D eigenvalue weighted by molar-refractivity contribution is 0.0840. The summed E-state index contributed by atoms with van der Waals surface area (Å²) in [5.74, 6) is 0.382. The molecular formula is C12H15N3O2. The van der Waals surface area contributed by atoms with Crippen molar-refractivity contribution in [2.24, 2.45) is 0 Å². The first-order valence-electron chi connectivity index (χ1n) is 5.91. The van der Waals surface area contributed by atoms with Crippen LogP contribution in [0.1, 0.15) is 30.0 Å². The van der Waals surface area contributed by atoms with Gasteiger partial charge in [0.05, 0.1) is 12.3 Å². The van der Waals surface area contributed by atoms with Gasteiger partial charge in [-0.25, -0.2) is 9.50 Å². The molecule has 90 valence electrons. The van der Waals surface area contributed by atoms with Gasteiger partial charge >= 0.3 is 0 Å². The highest BCUT2D eigenvalue weighted by Gasteiger charge is 2.23. The van der Waals surface area contributed by atoms with E-state index in [1.165, 1.54) is 0 Å². The van der Waals surface area contributed by atoms with Crippen molar-refractivity contribution in [1.29, 1.82) is 0 Å². The van der Waals surface area contributed by atoms with Crippen molar-refractivity contribution in [3.63, 3.8) is 0 Å². The lowest BCUT2D eigenvalue weighted by atomic mass is 9.94. The Kier molecular flexibility index (Phi) is 2.78. The van der Waals surface area contributed by atoms with Gasteiger partial charge < -0.3 is 9.84 Å². The number of aliphatic hydroxyl groups excluding tert-OH is 1. The Morgan fingerprint density at radius 2 is 2.24 bits per heavy atom. The highest BCUT2D eigenvalue weighted by Crippen LogP contribution is 2.29. The summed E-state index contributed by atoms with van der Waals surface area (Å²) < 4.78 is 7.10. The Labute approximate surface area is 99.0 Å². The Balaban J connectivity index is 2.08. The molecule has 0 radical (unpaired) electrons. The second-order valence-corrected chi connectivity index (χ2v) is 4.30. The average molecular weight is 233 g/mol. The maximum absolute atomic E-state index is 9.51. The summed E-state index contributed by atoms with van der Waals surface area (Å²) in [6, 6.07) is 1.84. The molecule has 0 atom stereocenters. The maximum atomic E-state index is 9.51. The van der Waals surface area contributed by atoms with Crippen molar-refractivity contribution in [3.05, 3.63) is 29.7 Å². The van der Waals surface area contributed by atoms with E-state index < -0.39 is 0 Å². The molecule has 1 aliphatic heterocycles. The van der Waals surface area contributed by atoms with Gasteiger partial charge in [0.2, 0.25) is 0 Å². The number of hydrogen-bond donors (Lipinski definition) is 1. The van der Waals surface area contributed by atoms with Crippen molar-refractivity contribution >= 4 is 5.65 Å². The number of ether oxygens (including phenoxy) is 1. The minimum atomic E-state index is -0.00674. The van der Waals surface area contributed by atoms with Crippen LogP contribution in [0.15, 0.2) is 18.5 Å². The fraction of sp³-hybridized carbons (Fsp3) is 0.500. The number of rotatable bonds is 2. The maximum Gasteiger partial charge on any atom is 0.160 e. The van der Waals surface area contributed by atoms with E-state index in [-0.39, 0.29) is 6.61 Å². The molecule has 0 aliphatic carbocycles. The molecule has 1 N–H and O–H groups in total. The van der Waals surface area contributed by atoms with Gasteiger partial charge in [0.15, 0.2) is 5.65 Å². The second-order valence-electron chi connectivity index (χ2n) is 4.30. The summed E-state index contributed by atoms with van der Waals surface area (Å²) in [7, 11) is 0. The van der Waals surface area contributed by atoms with E-state index in [0.29, 0.717) is 5.92 Å². The first kappa shape index (κ1) is 10.7. The lowest BCUT2D eigenvalue weighted by Gasteiger charge is -2.20. The standard InChI is InChI=1S/C12H15N3O2/c16-8-10-11(9-2-6-17-7-3-9)14-15-5-1-4-13-12(10)15/h1,4-5,9,16H,2-3,6-8H2. The Morgan fingerprint density at radius 1 is 1.41 bits per heavy atom. The SMILES string of the molecule is OCc1c(C2CCOCC2)nn2cccnc12. The van der Waals surface area contributed by atoms with E-state index in [1.807, 2.05) is 12.3 Å². The van der Waals surface area contributed by atoms with Crippen LogP contribution in [0.4, 0.5) is 0 Å². The highest BCUT2D eigenvalue weighted by molar-refractivity contribution is 5.50. The van der Waals surface area contributed by atoms with Crippen molar-refractivity contribution in [2.75, 3.05) is 13.2 Å². The summed E-state index contributed by atoms with van der Waals surface area (Å²) in [6.07, 6.45) is 5.53. The van der Waals surface area contributed by atoms with Gasteiger partial charge in [0, 0.05) is 37.1 Å². The molecule has 3 heterocycles. The quantitative estimate of drug-likeness (QED) is 0.844. The fourth-order valence-corrected chi connectivity index (χ4v) is 2.40. The molecule has 3 rings (SSSR count). The van der Waals surface area contributed by atoms with Crippen molar-refractivity contribution in [2.45, 2.75) is 25.4 Å². The van der Waals surface area contributed by atoms with Crippen molar-refractivity contribution in [3.8, 4) is 0 Å². The Morgan fingerprint density at radius 3 is 3.00 bits per heavy atom. The third-order valence-corrected chi connectivity index (χ3v) is 3.29. The molecule has 2 aromatic heterocycles. The van der Waals surface area contributed by atoms with E-state index in [1.54, 1.807) is 10.7 Å². The third-order valence-electron chi connectivity index (χ3n) is 3.29. The van der Waals surface area contributed by atoms with Gasteiger partial charge in [0.1, 0.15) is 0 Å². The molecular weight excluding hydrogens is 218 g/mol. The molecule has 0 saturated carbocycles. The summed E-state index contributed by atoms with van der Waals surface area (Å²) >= 11 is 0. The summed E-state index contributed by atoms with van der Waals surface area (Å²) in [6.45, 7) is 1.54. The minimum absolute atomic E-state index is 0.00674. The molecule has 5 nitrogen and oxygen atoms in total. The van der Waals surface area contributed by atoms with Gasteiger partial charge in [-0.05, 0) is 18.9 Å². The number of fused-ring (bicyclic) bond motifs is 1. The van der Waals surface area contributed by atoms with Crippen LogP contribution in [0.2, 0.25) is 0 Å². The van der Waals surface area contributed by atoms with Gasteiger partial charge in [0.25, 0.3) is 0 Å². The lowest BCUT2D eigenvalue weighted by Crippen LogP contribution is -2.15. The minimum Gasteiger partial charge on any atom is -0.391 e. The monoisotopic (exact) mass is 233 g/mol. The highest BCUT2D eigenvalue weighted by atomic mass is 16.5. The predicted molar refractivity (Wildman–Crippen MR) is 61.7 cm³/mol. The van der Waals surface area contributed by atoms with Crippen LogP contribution in [-0.4, -0.2) is 32.9 Å². The van der Waals surface area contributed by atoms with Crippen LogP contribution >= 0.6 is 0 Å². The number of hydrogen-bond acceptors (Lipinski definition) is 4. The van der Waals surface area contributed by atoms with E-state index in [4.69, 9.17) is 4.74 Å². The smallest absolute Gasteiger partial charge is 0.160 e. The normalized spacial score (nSPS) is 17.7. The van der Waals surface area contributed by atoms with Crippen LogP contribution < -0.4 is 0 Å². The Hall–Kier alpha value is -1.46. The Bertz CT molecular complexity index is 517. The average Bonchev–Trinajstić information content (AvgIpc) is 2.78. The zero-order chi connectivity index (χ0) is 11.7. The molecule has 0 unspecified atom stereocenters. The van der Waals surface area contributed by atoms with E-state index in [9.17, 15) is 5.11 Å². The molecule has 1 saturated heterocycles. The molecule has 17 heavy (non-hydrogen) atoms. The largest absolute Gasteiger partial charge is 0.391 e. The van der Waals surface area contributed by atoms with Crippen LogP contribution in [0.3, 0.4) is 0 Å². The first-order chi connectivity index (χ1) is 8.40. The number of aliphatic hydroxyl groups is 1. The summed E-state index contributed by atoms with van der Waals surface area (Å²) in [4.78, 5) is 4.28. The fourth-order valence-electron chi connectivity index (χ4n) is 2.40. The first-order valence-corrected chi connectivity index (χ1v) is 5.91. The van der Waals surface area contributed by atoms with Gasteiger partial charge in [-0.15, -0.1) is 0 Å².